The van der Waals surface area contributed by atoms with Gasteiger partial charge in [0, 0.05) is 13.1 Å². The molecule has 0 saturated carbocycles. The number of amides is 3. The highest BCUT2D eigenvalue weighted by molar-refractivity contribution is 8.00. The average molecular weight is 333 g/mol. The average Bonchev–Trinajstić information content (AvgIpc) is 3.00. The maximum atomic E-state index is 12.5. The van der Waals surface area contributed by atoms with Crippen LogP contribution in [0.5, 0.6) is 0 Å². The number of imide groups is 1. The van der Waals surface area contributed by atoms with E-state index in [4.69, 9.17) is 0 Å². The Balaban J connectivity index is 2.22. The van der Waals surface area contributed by atoms with Gasteiger partial charge in [-0.05, 0) is 19.4 Å². The van der Waals surface area contributed by atoms with Crippen LogP contribution in [0.1, 0.15) is 24.7 Å². The van der Waals surface area contributed by atoms with Gasteiger partial charge in [-0.25, -0.2) is 4.79 Å². The number of aryl methyl sites for hydroxylation is 1. The Bertz CT molecular complexity index is 659. The maximum Gasteiger partial charge on any atom is 0.321 e. The van der Waals surface area contributed by atoms with Crippen LogP contribution in [0.15, 0.2) is 41.8 Å². The molecule has 0 aliphatic rings. The fourth-order valence-corrected chi connectivity index (χ4v) is 3.02. The molecule has 23 heavy (non-hydrogen) atoms. The molecule has 122 valence electrons. The third-order valence-electron chi connectivity index (χ3n) is 3.06. The Kier molecular flexibility index (Phi) is 6.16. The van der Waals surface area contributed by atoms with Gasteiger partial charge in [-0.2, -0.15) is 0 Å². The molecule has 2 aromatic rings. The second kappa shape index (κ2) is 8.33. The van der Waals surface area contributed by atoms with Gasteiger partial charge in [-0.3, -0.25) is 10.1 Å². The smallest absolute Gasteiger partial charge is 0.321 e. The molecule has 8 heteroatoms. The number of carbonyl (C=O) groups excluding carboxylic acids is 2. The zero-order valence-electron chi connectivity index (χ0n) is 13.0. The van der Waals surface area contributed by atoms with E-state index in [1.165, 1.54) is 11.8 Å². The van der Waals surface area contributed by atoms with E-state index in [9.17, 15) is 9.59 Å². The molecule has 0 bridgehead atoms. The van der Waals surface area contributed by atoms with E-state index in [0.717, 1.165) is 5.56 Å². The predicted octanol–water partition coefficient (Wildman–Crippen LogP) is 1.98. The number of rotatable bonds is 6. The van der Waals surface area contributed by atoms with Crippen LogP contribution in [-0.4, -0.2) is 33.2 Å². The number of hydrogen-bond donors (Lipinski definition) is 2. The summed E-state index contributed by atoms with van der Waals surface area (Å²) in [5, 5.41) is 12.9. The number of carbonyl (C=O) groups is 2. The van der Waals surface area contributed by atoms with E-state index in [-0.39, 0.29) is 0 Å². The van der Waals surface area contributed by atoms with Gasteiger partial charge < -0.3 is 9.88 Å². The summed E-state index contributed by atoms with van der Waals surface area (Å²) < 4.78 is 1.85. The van der Waals surface area contributed by atoms with Crippen LogP contribution in [-0.2, 0) is 11.3 Å². The second-order valence-corrected chi connectivity index (χ2v) is 5.73. The molecule has 1 aromatic heterocycles. The minimum atomic E-state index is -0.590. The van der Waals surface area contributed by atoms with E-state index in [1.54, 1.807) is 13.3 Å². The molecule has 0 radical (unpaired) electrons. The first-order valence-electron chi connectivity index (χ1n) is 7.33. The third-order valence-corrected chi connectivity index (χ3v) is 4.31. The Labute approximate surface area is 138 Å². The molecule has 7 nitrogen and oxygen atoms in total. The van der Waals surface area contributed by atoms with Crippen molar-refractivity contribution in [2.24, 2.45) is 0 Å². The summed E-state index contributed by atoms with van der Waals surface area (Å²) in [4.78, 5) is 24.1. The number of nitrogens with zero attached hydrogens (tertiary/aromatic N) is 3. The summed E-state index contributed by atoms with van der Waals surface area (Å²) in [6.07, 6.45) is 1.62. The summed E-state index contributed by atoms with van der Waals surface area (Å²) in [5.74, 6) is -0.391. The lowest BCUT2D eigenvalue weighted by Crippen LogP contribution is -2.41. The van der Waals surface area contributed by atoms with Crippen molar-refractivity contribution in [3.05, 3.63) is 42.2 Å². The Morgan fingerprint density at radius 2 is 2.00 bits per heavy atom. The third kappa shape index (κ3) is 4.56. The van der Waals surface area contributed by atoms with Crippen molar-refractivity contribution in [1.29, 1.82) is 0 Å². The topological polar surface area (TPSA) is 88.9 Å². The molecule has 0 aliphatic heterocycles. The molecule has 0 unspecified atom stereocenters. The summed E-state index contributed by atoms with van der Waals surface area (Å²) in [6, 6.07) is 8.78. The number of benzene rings is 1. The molecule has 1 heterocycles. The van der Waals surface area contributed by atoms with E-state index >= 15 is 0 Å². The lowest BCUT2D eigenvalue weighted by atomic mass is 10.1. The molecule has 1 atom stereocenters. The predicted molar refractivity (Wildman–Crippen MR) is 88.0 cm³/mol. The molecule has 0 fully saturated rings. The van der Waals surface area contributed by atoms with Gasteiger partial charge in [-0.15, -0.1) is 10.2 Å². The van der Waals surface area contributed by atoms with Crippen LogP contribution in [0.25, 0.3) is 0 Å². The number of nitrogens with one attached hydrogen (secondary N) is 2. The highest BCUT2D eigenvalue weighted by Gasteiger charge is 2.25. The molecule has 0 spiro atoms. The van der Waals surface area contributed by atoms with Gasteiger partial charge in [0.1, 0.15) is 11.6 Å². The van der Waals surface area contributed by atoms with E-state index in [1.807, 2.05) is 41.8 Å². The zero-order valence-corrected chi connectivity index (χ0v) is 13.8. The molecule has 3 amide bonds. The first-order chi connectivity index (χ1) is 11.2. The number of urea groups is 1. The van der Waals surface area contributed by atoms with Gasteiger partial charge in [0.2, 0.25) is 5.91 Å². The standard InChI is InChI=1S/C15H19N5O2S/c1-3-16-14(22)18-13(21)12(11-8-6-5-7-9-11)23-15-19-17-10-20(15)4-2/h5-10,12H,3-4H2,1-2H3,(H2,16,18,21,22)/t12-/m1/s1. The van der Waals surface area contributed by atoms with E-state index in [2.05, 4.69) is 20.8 Å². The minimum absolute atomic E-state index is 0.391. The van der Waals surface area contributed by atoms with Crippen molar-refractivity contribution >= 4 is 23.7 Å². The van der Waals surface area contributed by atoms with Gasteiger partial charge in [-0.1, -0.05) is 42.1 Å². The lowest BCUT2D eigenvalue weighted by molar-refractivity contribution is -0.119. The summed E-state index contributed by atoms with van der Waals surface area (Å²) in [7, 11) is 0. The molecule has 1 aromatic carbocycles. The van der Waals surface area contributed by atoms with Crippen LogP contribution in [0.2, 0.25) is 0 Å². The monoisotopic (exact) mass is 333 g/mol. The summed E-state index contributed by atoms with van der Waals surface area (Å²) >= 11 is 1.27. The van der Waals surface area contributed by atoms with Gasteiger partial charge in [0.05, 0.1) is 0 Å². The van der Waals surface area contributed by atoms with Gasteiger partial charge in [0.25, 0.3) is 0 Å². The first-order valence-corrected chi connectivity index (χ1v) is 8.21. The van der Waals surface area contributed by atoms with Crippen LogP contribution in [0, 0.1) is 0 Å². The number of thioether (sulfide) groups is 1. The second-order valence-electron chi connectivity index (χ2n) is 4.66. The molecule has 0 saturated heterocycles. The fraction of sp³-hybridized carbons (Fsp3) is 0.333. The van der Waals surface area contributed by atoms with Crippen LogP contribution < -0.4 is 10.6 Å². The molecule has 0 aliphatic carbocycles. The molecular weight excluding hydrogens is 314 g/mol. The van der Waals surface area contributed by atoms with Crippen molar-refractivity contribution in [2.75, 3.05) is 6.54 Å². The molecule has 2 rings (SSSR count). The van der Waals surface area contributed by atoms with Crippen molar-refractivity contribution in [3.63, 3.8) is 0 Å². The van der Waals surface area contributed by atoms with E-state index in [0.29, 0.717) is 18.2 Å². The number of aromatic nitrogens is 3. The van der Waals surface area contributed by atoms with Gasteiger partial charge in [0.15, 0.2) is 5.16 Å². The highest BCUT2D eigenvalue weighted by Crippen LogP contribution is 2.34. The van der Waals surface area contributed by atoms with Crippen molar-refractivity contribution in [2.45, 2.75) is 30.8 Å². The van der Waals surface area contributed by atoms with Gasteiger partial charge >= 0.3 is 6.03 Å². The fourth-order valence-electron chi connectivity index (χ4n) is 1.94. The van der Waals surface area contributed by atoms with Crippen LogP contribution >= 0.6 is 11.8 Å². The zero-order chi connectivity index (χ0) is 16.7. The van der Waals surface area contributed by atoms with Crippen molar-refractivity contribution in [3.8, 4) is 0 Å². The Hall–Kier alpha value is -2.35. The quantitative estimate of drug-likeness (QED) is 0.789. The van der Waals surface area contributed by atoms with Crippen LogP contribution in [0.4, 0.5) is 4.79 Å². The lowest BCUT2D eigenvalue weighted by Gasteiger charge is -2.16. The SMILES string of the molecule is CCNC(=O)NC(=O)[C@H](Sc1nncn1CC)c1ccccc1. The highest BCUT2D eigenvalue weighted by atomic mass is 32.2. The minimum Gasteiger partial charge on any atom is -0.338 e. The Morgan fingerprint density at radius 1 is 1.26 bits per heavy atom. The van der Waals surface area contributed by atoms with E-state index < -0.39 is 17.2 Å². The normalized spacial score (nSPS) is 11.7. The van der Waals surface area contributed by atoms with Crippen molar-refractivity contribution in [1.82, 2.24) is 25.4 Å². The largest absolute Gasteiger partial charge is 0.338 e. The summed E-state index contributed by atoms with van der Waals surface area (Å²) in [6.45, 7) is 4.91. The Morgan fingerprint density at radius 3 is 2.65 bits per heavy atom. The van der Waals surface area contributed by atoms with Crippen molar-refractivity contribution < 1.29 is 9.59 Å². The number of hydrogen-bond acceptors (Lipinski definition) is 5. The first kappa shape index (κ1) is 17.0. The molecular formula is C15H19N5O2S. The van der Waals surface area contributed by atoms with Crippen LogP contribution in [0.3, 0.4) is 0 Å². The maximum absolute atomic E-state index is 12.5. The molecule has 2 N–H and O–H groups in total. The summed E-state index contributed by atoms with van der Waals surface area (Å²) in [5.41, 5.74) is 0.796.